The Bertz CT molecular complexity index is 258. The molecule has 0 saturated carbocycles. The predicted octanol–water partition coefficient (Wildman–Crippen LogP) is 1.87. The Morgan fingerprint density at radius 1 is 1.32 bits per heavy atom. The molecule has 1 aliphatic heterocycles. The van der Waals surface area contributed by atoms with E-state index >= 15 is 0 Å². The lowest BCUT2D eigenvalue weighted by Crippen LogP contribution is -1.98. The van der Waals surface area contributed by atoms with E-state index in [0.29, 0.717) is 0 Å². The zero-order valence-electron chi connectivity index (χ0n) is 10.3. The Hall–Kier alpha value is -2.52. The van der Waals surface area contributed by atoms with Gasteiger partial charge in [-0.05, 0) is 0 Å². The predicted molar refractivity (Wildman–Crippen MR) is 58.7 cm³/mol. The molecular formula is C9H15FO9. The molecule has 0 aromatic heterocycles. The van der Waals surface area contributed by atoms with Crippen LogP contribution in [0.3, 0.4) is 0 Å². The molecule has 1 unspecified atom stereocenters. The van der Waals surface area contributed by atoms with Crippen molar-refractivity contribution >= 4 is 18.5 Å². The number of hydrogen-bond acceptors (Lipinski definition) is 7. The van der Waals surface area contributed by atoms with Crippen LogP contribution in [-0.4, -0.2) is 55.9 Å². The molecule has 1 atom stereocenters. The fourth-order valence-electron chi connectivity index (χ4n) is 0.389. The van der Waals surface area contributed by atoms with E-state index in [1.807, 2.05) is 0 Å². The van der Waals surface area contributed by atoms with Crippen molar-refractivity contribution in [1.82, 2.24) is 0 Å². The number of hydrogen-bond donors (Lipinski definition) is 2. The molecule has 0 aromatic carbocycles. The van der Waals surface area contributed by atoms with E-state index in [0.717, 1.165) is 0 Å². The maximum Gasteiger partial charge on any atom is 0.511 e. The molecule has 1 rings (SSSR count). The summed E-state index contributed by atoms with van der Waals surface area (Å²) >= 11 is 0. The zero-order valence-corrected chi connectivity index (χ0v) is 10.3. The van der Waals surface area contributed by atoms with E-state index in [4.69, 9.17) is 15.0 Å². The molecule has 2 N–H and O–H groups in total. The third-order valence-corrected chi connectivity index (χ3v) is 0.890. The van der Waals surface area contributed by atoms with Crippen LogP contribution in [0, 0.1) is 0 Å². The first-order valence-corrected chi connectivity index (χ1v) is 4.34. The number of carbonyl (C=O) groups is 3. The van der Waals surface area contributed by atoms with Crippen LogP contribution in [0.15, 0.2) is 13.2 Å². The highest BCUT2D eigenvalue weighted by Crippen LogP contribution is 2.05. The number of methoxy groups -OCH3 is 2. The number of cyclic esters (lactones) is 2. The van der Waals surface area contributed by atoms with Gasteiger partial charge in [0.1, 0.15) is 0 Å². The van der Waals surface area contributed by atoms with Crippen molar-refractivity contribution in [3.63, 3.8) is 0 Å². The van der Waals surface area contributed by atoms with Crippen LogP contribution >= 0.6 is 0 Å². The fourth-order valence-corrected chi connectivity index (χ4v) is 0.389. The quantitative estimate of drug-likeness (QED) is 0.506. The van der Waals surface area contributed by atoms with Crippen LogP contribution in [0.5, 0.6) is 0 Å². The van der Waals surface area contributed by atoms with Crippen LogP contribution in [0.1, 0.15) is 0 Å². The van der Waals surface area contributed by atoms with E-state index in [2.05, 4.69) is 32.1 Å². The first-order valence-electron chi connectivity index (χ1n) is 4.34. The van der Waals surface area contributed by atoms with Crippen LogP contribution in [0.25, 0.3) is 0 Å². The standard InChI is InChI=1S/C3H3FO3.C3H6O3.C2H4.CH2O3/c4-2-1-6-3(5)7-2;1-5-3(4)6-2;1-2;2-1(3)4/h2H,1H2;1-2H3;1-2H2;(H2,2,3,4). The second-order valence-electron chi connectivity index (χ2n) is 2.03. The van der Waals surface area contributed by atoms with E-state index in [-0.39, 0.29) is 6.61 Å². The van der Waals surface area contributed by atoms with Gasteiger partial charge in [-0.1, -0.05) is 0 Å². The molecule has 0 amide bonds. The molecule has 9 nitrogen and oxygen atoms in total. The normalized spacial score (nSPS) is 14.5. The van der Waals surface area contributed by atoms with Gasteiger partial charge in [-0.15, -0.1) is 13.2 Å². The summed E-state index contributed by atoms with van der Waals surface area (Å²) in [4.78, 5) is 28.1. The average molecular weight is 286 g/mol. The van der Waals surface area contributed by atoms with Gasteiger partial charge in [-0.25, -0.2) is 14.4 Å². The molecule has 1 heterocycles. The van der Waals surface area contributed by atoms with Crippen molar-refractivity contribution in [2.24, 2.45) is 0 Å². The third kappa shape index (κ3) is 25.6. The largest absolute Gasteiger partial charge is 0.511 e. The van der Waals surface area contributed by atoms with Crippen LogP contribution in [0.4, 0.5) is 18.8 Å². The summed E-state index contributed by atoms with van der Waals surface area (Å²) in [5.74, 6) is 0. The summed E-state index contributed by atoms with van der Waals surface area (Å²) < 4.78 is 27.5. The zero-order chi connectivity index (χ0) is 15.8. The molecule has 112 valence electrons. The van der Waals surface area contributed by atoms with Crippen molar-refractivity contribution in [3.05, 3.63) is 13.2 Å². The molecule has 0 radical (unpaired) electrons. The molecule has 0 aromatic rings. The number of carbonyl (C=O) groups excluding carboxylic acids is 2. The van der Waals surface area contributed by atoms with Gasteiger partial charge >= 0.3 is 18.5 Å². The maximum atomic E-state index is 11.6. The van der Waals surface area contributed by atoms with Crippen LogP contribution in [0.2, 0.25) is 0 Å². The van der Waals surface area contributed by atoms with E-state index in [1.165, 1.54) is 14.2 Å². The summed E-state index contributed by atoms with van der Waals surface area (Å²) in [7, 11) is 2.51. The average Bonchev–Trinajstić information content (AvgIpc) is 2.74. The lowest BCUT2D eigenvalue weighted by atomic mass is 10.8. The molecule has 1 aliphatic rings. The lowest BCUT2D eigenvalue weighted by Gasteiger charge is -1.89. The van der Waals surface area contributed by atoms with Gasteiger partial charge in [0, 0.05) is 0 Å². The molecule has 0 spiro atoms. The molecular weight excluding hydrogens is 271 g/mol. The van der Waals surface area contributed by atoms with E-state index in [1.54, 1.807) is 0 Å². The molecule has 0 aliphatic carbocycles. The minimum Gasteiger partial charge on any atom is -0.450 e. The maximum absolute atomic E-state index is 11.6. The molecule has 0 bridgehead atoms. The Kier molecular flexibility index (Phi) is 17.7. The van der Waals surface area contributed by atoms with Gasteiger partial charge in [0.15, 0.2) is 6.61 Å². The summed E-state index contributed by atoms with van der Waals surface area (Å²) in [6.07, 6.45) is -4.96. The molecule has 1 fully saturated rings. The Balaban J connectivity index is -0.000000196. The molecule has 10 heteroatoms. The van der Waals surface area contributed by atoms with Gasteiger partial charge in [-0.3, -0.25) is 0 Å². The first-order chi connectivity index (χ1) is 8.83. The summed E-state index contributed by atoms with van der Waals surface area (Å²) in [6.45, 7) is 5.73. The first kappa shape index (κ1) is 21.7. The van der Waals surface area contributed by atoms with Gasteiger partial charge in [-0.2, -0.15) is 4.39 Å². The van der Waals surface area contributed by atoms with Crippen molar-refractivity contribution < 1.29 is 47.9 Å². The summed E-state index contributed by atoms with van der Waals surface area (Å²) in [6, 6.07) is 0. The topological polar surface area (TPSA) is 129 Å². The highest BCUT2D eigenvalue weighted by molar-refractivity contribution is 5.61. The third-order valence-electron chi connectivity index (χ3n) is 0.890. The van der Waals surface area contributed by atoms with Gasteiger partial charge < -0.3 is 29.2 Å². The monoisotopic (exact) mass is 286 g/mol. The summed E-state index contributed by atoms with van der Waals surface area (Å²) in [5.41, 5.74) is 0. The van der Waals surface area contributed by atoms with Gasteiger partial charge in [0.2, 0.25) is 0 Å². The van der Waals surface area contributed by atoms with Crippen molar-refractivity contribution in [1.29, 1.82) is 0 Å². The SMILES string of the molecule is C=C.COC(=O)OC.O=C(O)O.O=C1OCC(F)O1. The Labute approximate surface area is 108 Å². The second-order valence-corrected chi connectivity index (χ2v) is 2.03. The molecule has 19 heavy (non-hydrogen) atoms. The smallest absolute Gasteiger partial charge is 0.450 e. The van der Waals surface area contributed by atoms with Crippen LogP contribution < -0.4 is 0 Å². The molecule has 1 saturated heterocycles. The highest BCUT2D eigenvalue weighted by Gasteiger charge is 2.23. The fraction of sp³-hybridized carbons (Fsp3) is 0.444. The lowest BCUT2D eigenvalue weighted by molar-refractivity contribution is 0.0572. The van der Waals surface area contributed by atoms with Crippen molar-refractivity contribution in [3.8, 4) is 0 Å². The number of rotatable bonds is 0. The van der Waals surface area contributed by atoms with Crippen molar-refractivity contribution in [2.75, 3.05) is 20.8 Å². The van der Waals surface area contributed by atoms with Crippen molar-refractivity contribution in [2.45, 2.75) is 6.36 Å². The van der Waals surface area contributed by atoms with Gasteiger partial charge in [0.25, 0.3) is 6.36 Å². The number of ether oxygens (including phenoxy) is 4. The second kappa shape index (κ2) is 15.5. The Morgan fingerprint density at radius 3 is 1.74 bits per heavy atom. The number of alkyl halides is 1. The van der Waals surface area contributed by atoms with E-state index in [9.17, 15) is 14.0 Å². The summed E-state index contributed by atoms with van der Waals surface area (Å²) in [5, 5.41) is 13.9. The number of carboxylic acid groups (broad SMARTS) is 2. The van der Waals surface area contributed by atoms with E-state index < -0.39 is 24.8 Å². The Morgan fingerprint density at radius 2 is 1.68 bits per heavy atom. The highest BCUT2D eigenvalue weighted by atomic mass is 19.1. The van der Waals surface area contributed by atoms with Gasteiger partial charge in [0.05, 0.1) is 14.2 Å². The minimum atomic E-state index is -1.83. The number of halogens is 1. The van der Waals surface area contributed by atoms with Crippen LogP contribution in [-0.2, 0) is 18.9 Å². The minimum absolute atomic E-state index is 0.265.